The first-order valence-corrected chi connectivity index (χ1v) is 16.5. The Balaban J connectivity index is 1.31. The van der Waals surface area contributed by atoms with Gasteiger partial charge in [-0.3, -0.25) is 0 Å². The van der Waals surface area contributed by atoms with Crippen LogP contribution in [-0.2, 0) is 5.41 Å². The number of para-hydroxylation sites is 3. The molecule has 1 aliphatic rings. The molecule has 48 heavy (non-hydrogen) atoms. The Labute approximate surface area is 278 Å². The van der Waals surface area contributed by atoms with E-state index in [0.717, 1.165) is 66.5 Å². The molecule has 0 bridgehead atoms. The number of hydrogen-bond donors (Lipinski definition) is 0. The van der Waals surface area contributed by atoms with Crippen LogP contribution >= 0.6 is 0 Å². The fourth-order valence-electron chi connectivity index (χ4n) is 7.96. The molecule has 9 aromatic rings. The van der Waals surface area contributed by atoms with E-state index < -0.39 is 0 Å². The lowest BCUT2D eigenvalue weighted by atomic mass is 9.81. The second kappa shape index (κ2) is 9.97. The molecule has 0 radical (unpaired) electrons. The zero-order valence-electron chi connectivity index (χ0n) is 26.7. The van der Waals surface area contributed by atoms with Crippen molar-refractivity contribution in [3.63, 3.8) is 0 Å². The van der Waals surface area contributed by atoms with E-state index in [1.54, 1.807) is 0 Å². The lowest BCUT2D eigenvalue weighted by Gasteiger charge is -2.26. The Kier molecular flexibility index (Phi) is 5.63. The Hall–Kier alpha value is -6.06. The quantitative estimate of drug-likeness (QED) is 0.197. The number of nitrogens with zero attached hydrogens (tertiary/aromatic N) is 1. The van der Waals surface area contributed by atoms with Crippen LogP contribution in [0.2, 0.25) is 0 Å². The van der Waals surface area contributed by atoms with Crippen LogP contribution in [0.1, 0.15) is 25.0 Å². The summed E-state index contributed by atoms with van der Waals surface area (Å²) in [5.74, 6) is 0. The minimum atomic E-state index is -0.0980. The van der Waals surface area contributed by atoms with Gasteiger partial charge in [0.05, 0.1) is 5.69 Å². The Morgan fingerprint density at radius 2 is 1.08 bits per heavy atom. The molecule has 7 aromatic carbocycles. The molecule has 0 fully saturated rings. The van der Waals surface area contributed by atoms with Crippen molar-refractivity contribution in [3.8, 4) is 22.3 Å². The highest BCUT2D eigenvalue weighted by Gasteiger charge is 2.35. The van der Waals surface area contributed by atoms with Crippen LogP contribution in [-0.4, -0.2) is 0 Å². The molecule has 2 heterocycles. The minimum Gasteiger partial charge on any atom is -0.456 e. The molecule has 0 saturated heterocycles. The van der Waals surface area contributed by atoms with Crippen molar-refractivity contribution >= 4 is 60.9 Å². The average Bonchev–Trinajstić information content (AvgIpc) is 3.77. The molecule has 0 N–H and O–H groups in total. The highest BCUT2D eigenvalue weighted by Crippen LogP contribution is 2.51. The molecule has 228 valence electrons. The summed E-state index contributed by atoms with van der Waals surface area (Å²) in [5.41, 5.74) is 14.1. The van der Waals surface area contributed by atoms with Crippen LogP contribution in [0.3, 0.4) is 0 Å². The predicted octanol–water partition coefficient (Wildman–Crippen LogP) is 12.9. The van der Waals surface area contributed by atoms with Crippen LogP contribution < -0.4 is 4.90 Å². The first-order valence-electron chi connectivity index (χ1n) is 16.5. The van der Waals surface area contributed by atoms with Gasteiger partial charge in [0.1, 0.15) is 16.7 Å². The average molecular weight is 618 g/mol. The molecule has 3 heteroatoms. The fraction of sp³-hybridized carbons (Fsp3) is 0.0667. The van der Waals surface area contributed by atoms with Crippen LogP contribution in [0.25, 0.3) is 66.1 Å². The van der Waals surface area contributed by atoms with Gasteiger partial charge in [-0.05, 0) is 94.0 Å². The molecule has 3 nitrogen and oxygen atoms in total. The molecular weight excluding hydrogens is 587 g/mol. The second-order valence-corrected chi connectivity index (χ2v) is 13.3. The summed E-state index contributed by atoms with van der Waals surface area (Å²) in [6.07, 6.45) is 0. The van der Waals surface area contributed by atoms with Crippen molar-refractivity contribution < 1.29 is 8.83 Å². The van der Waals surface area contributed by atoms with E-state index in [2.05, 4.69) is 146 Å². The maximum atomic E-state index is 6.89. The van der Waals surface area contributed by atoms with Gasteiger partial charge in [0.2, 0.25) is 0 Å². The Morgan fingerprint density at radius 1 is 0.458 bits per heavy atom. The molecule has 0 aliphatic heterocycles. The van der Waals surface area contributed by atoms with Gasteiger partial charge in [0.15, 0.2) is 5.58 Å². The van der Waals surface area contributed by atoms with Gasteiger partial charge in [-0.25, -0.2) is 0 Å². The van der Waals surface area contributed by atoms with Gasteiger partial charge < -0.3 is 13.7 Å². The summed E-state index contributed by atoms with van der Waals surface area (Å²) < 4.78 is 13.3. The highest BCUT2D eigenvalue weighted by molar-refractivity contribution is 6.27. The molecule has 0 spiro atoms. The molecule has 0 atom stereocenters. The molecule has 0 saturated carbocycles. The van der Waals surface area contributed by atoms with E-state index in [1.165, 1.54) is 27.8 Å². The van der Waals surface area contributed by atoms with Crippen molar-refractivity contribution in [2.45, 2.75) is 19.3 Å². The van der Waals surface area contributed by atoms with E-state index >= 15 is 0 Å². The summed E-state index contributed by atoms with van der Waals surface area (Å²) in [6.45, 7) is 4.68. The maximum absolute atomic E-state index is 6.89. The number of anilines is 3. The number of benzene rings is 7. The monoisotopic (exact) mass is 617 g/mol. The lowest BCUT2D eigenvalue weighted by molar-refractivity contribution is 0.660. The Morgan fingerprint density at radius 3 is 1.85 bits per heavy atom. The number of hydrogen-bond acceptors (Lipinski definition) is 3. The predicted molar refractivity (Wildman–Crippen MR) is 199 cm³/mol. The third kappa shape index (κ3) is 3.82. The molecule has 1 aliphatic carbocycles. The summed E-state index contributed by atoms with van der Waals surface area (Å²) >= 11 is 0. The second-order valence-electron chi connectivity index (χ2n) is 13.3. The first kappa shape index (κ1) is 27.1. The number of fused-ring (bicyclic) bond motifs is 10. The molecular formula is C45H31NO2. The summed E-state index contributed by atoms with van der Waals surface area (Å²) in [4.78, 5) is 2.31. The van der Waals surface area contributed by atoms with Crippen molar-refractivity contribution in [2.24, 2.45) is 0 Å². The summed E-state index contributed by atoms with van der Waals surface area (Å²) in [6, 6.07) is 53.9. The molecule has 0 unspecified atom stereocenters. The zero-order chi connectivity index (χ0) is 32.0. The minimum absolute atomic E-state index is 0.0980. The number of furan rings is 2. The Bertz CT molecular complexity index is 2660. The van der Waals surface area contributed by atoms with Crippen LogP contribution in [0, 0.1) is 0 Å². The van der Waals surface area contributed by atoms with Crippen molar-refractivity contribution in [2.75, 3.05) is 4.90 Å². The van der Waals surface area contributed by atoms with Gasteiger partial charge in [-0.1, -0.05) is 105 Å². The third-order valence-electron chi connectivity index (χ3n) is 10.2. The highest BCUT2D eigenvalue weighted by atomic mass is 16.3. The van der Waals surface area contributed by atoms with Gasteiger partial charge in [-0.2, -0.15) is 0 Å². The van der Waals surface area contributed by atoms with E-state index in [0.29, 0.717) is 0 Å². The molecule has 0 amide bonds. The summed E-state index contributed by atoms with van der Waals surface area (Å²) in [5, 5.41) is 4.31. The van der Waals surface area contributed by atoms with E-state index in [1.807, 2.05) is 24.3 Å². The van der Waals surface area contributed by atoms with Gasteiger partial charge in [0.25, 0.3) is 0 Å². The first-order chi connectivity index (χ1) is 23.6. The van der Waals surface area contributed by atoms with Gasteiger partial charge >= 0.3 is 0 Å². The normalized spacial score (nSPS) is 13.4. The van der Waals surface area contributed by atoms with E-state index in [-0.39, 0.29) is 5.41 Å². The number of rotatable bonds is 4. The van der Waals surface area contributed by atoms with Gasteiger partial charge in [-0.15, -0.1) is 0 Å². The fourth-order valence-corrected chi connectivity index (χ4v) is 7.96. The smallest absolute Gasteiger partial charge is 0.159 e. The standard InChI is InChI=1S/C45H31NO2/c1-45(2)36-19-11-9-17-32(36)33-22-21-28(26-37(33)45)29-25-35-43-41(24-23-40-42(43)34-18-10-12-20-39(34)47-40)48-44(35)38(27-29)46(30-13-5-3-6-14-30)31-15-7-4-8-16-31/h3-27H,1-2H3. The van der Waals surface area contributed by atoms with Crippen LogP contribution in [0.5, 0.6) is 0 Å². The van der Waals surface area contributed by atoms with Crippen molar-refractivity contribution in [1.82, 2.24) is 0 Å². The molecule has 10 rings (SSSR count). The molecule has 2 aromatic heterocycles. The van der Waals surface area contributed by atoms with E-state index in [9.17, 15) is 0 Å². The van der Waals surface area contributed by atoms with Crippen molar-refractivity contribution in [3.05, 3.63) is 163 Å². The van der Waals surface area contributed by atoms with Crippen LogP contribution in [0.4, 0.5) is 17.1 Å². The SMILES string of the molecule is CC1(C)c2ccccc2-c2ccc(-c3cc(N(c4ccccc4)c4ccccc4)c4oc5ccc6oc7ccccc7c6c5c4c3)cc21. The van der Waals surface area contributed by atoms with Crippen molar-refractivity contribution in [1.29, 1.82) is 0 Å². The van der Waals surface area contributed by atoms with Gasteiger partial charge in [0, 0.05) is 38.3 Å². The maximum Gasteiger partial charge on any atom is 0.159 e. The summed E-state index contributed by atoms with van der Waals surface area (Å²) in [7, 11) is 0. The van der Waals surface area contributed by atoms with E-state index in [4.69, 9.17) is 8.83 Å². The third-order valence-corrected chi connectivity index (χ3v) is 10.2. The lowest BCUT2D eigenvalue weighted by Crippen LogP contribution is -2.14. The van der Waals surface area contributed by atoms with Crippen LogP contribution in [0.15, 0.2) is 160 Å². The topological polar surface area (TPSA) is 29.5 Å². The largest absolute Gasteiger partial charge is 0.456 e. The zero-order valence-corrected chi connectivity index (χ0v) is 26.7.